The fraction of sp³-hybridized carbons (Fsp3) is 0.250. The number of piperazine rings is 1. The van der Waals surface area contributed by atoms with Crippen LogP contribution in [0.25, 0.3) is 22.4 Å². The second-order valence-electron chi connectivity index (χ2n) is 9.42. The van der Waals surface area contributed by atoms with E-state index in [1.807, 2.05) is 4.90 Å². The topological polar surface area (TPSA) is 124 Å². The van der Waals surface area contributed by atoms with Gasteiger partial charge < -0.3 is 19.3 Å². The quantitative estimate of drug-likeness (QED) is 0.332. The molecule has 0 spiro atoms. The first-order valence-corrected chi connectivity index (χ1v) is 14.3. The molecular weight excluding hydrogens is 573 g/mol. The highest BCUT2D eigenvalue weighted by Crippen LogP contribution is 2.41. The van der Waals surface area contributed by atoms with Gasteiger partial charge in [-0.3, -0.25) is 0 Å². The van der Waals surface area contributed by atoms with Crippen molar-refractivity contribution in [1.82, 2.24) is 15.0 Å². The fourth-order valence-electron chi connectivity index (χ4n) is 4.74. The van der Waals surface area contributed by atoms with E-state index in [1.54, 1.807) is 53.4 Å². The number of methoxy groups -OCH3 is 2. The lowest BCUT2D eigenvalue weighted by Crippen LogP contribution is -2.47. The third-order valence-corrected chi connectivity index (χ3v) is 7.68. The molecule has 1 aliphatic heterocycles. The number of alkyl halides is 3. The van der Waals surface area contributed by atoms with Crippen LogP contribution >= 0.6 is 0 Å². The first-order chi connectivity index (χ1) is 20.0. The fourth-order valence-corrected chi connectivity index (χ4v) is 5.30. The molecule has 3 heterocycles. The van der Waals surface area contributed by atoms with Crippen molar-refractivity contribution in [3.63, 3.8) is 0 Å². The summed E-state index contributed by atoms with van der Waals surface area (Å²) in [6, 6.07) is 17.6. The monoisotopic (exact) mass is 600 g/mol. The number of pyridine rings is 1. The molecule has 0 bridgehead atoms. The van der Waals surface area contributed by atoms with E-state index < -0.39 is 22.0 Å². The van der Waals surface area contributed by atoms with Crippen molar-refractivity contribution in [2.24, 2.45) is 5.14 Å². The molecule has 0 amide bonds. The summed E-state index contributed by atoms with van der Waals surface area (Å²) in [7, 11) is -1.11. The maximum Gasteiger partial charge on any atom is 0.451 e. The van der Waals surface area contributed by atoms with Gasteiger partial charge >= 0.3 is 6.18 Å². The molecule has 5 rings (SSSR count). The number of anilines is 2. The summed E-state index contributed by atoms with van der Waals surface area (Å²) in [6.45, 7) is 1.47. The highest BCUT2D eigenvalue weighted by Gasteiger charge is 2.38. The van der Waals surface area contributed by atoms with Crippen molar-refractivity contribution in [2.75, 3.05) is 50.2 Å². The molecule has 0 atom stereocenters. The summed E-state index contributed by atoms with van der Waals surface area (Å²) >= 11 is 0. The molecule has 0 unspecified atom stereocenters. The van der Waals surface area contributed by atoms with Crippen LogP contribution in [0.15, 0.2) is 71.6 Å². The zero-order chi connectivity index (χ0) is 30.1. The Morgan fingerprint density at radius 2 is 1.38 bits per heavy atom. The first-order valence-electron chi connectivity index (χ1n) is 12.8. The van der Waals surface area contributed by atoms with Gasteiger partial charge in [0.05, 0.1) is 30.4 Å². The Labute approximate surface area is 240 Å². The number of nitrogens with two attached hydrogens (primary N) is 1. The normalized spacial score (nSPS) is 14.1. The van der Waals surface area contributed by atoms with Crippen LogP contribution in [0.4, 0.5) is 24.7 Å². The Morgan fingerprint density at radius 1 is 0.786 bits per heavy atom. The Hall–Kier alpha value is -4.43. The van der Waals surface area contributed by atoms with Crippen LogP contribution in [0.3, 0.4) is 0 Å². The van der Waals surface area contributed by atoms with Crippen molar-refractivity contribution in [3.8, 4) is 34.1 Å². The molecule has 2 N–H and O–H groups in total. The van der Waals surface area contributed by atoms with Crippen LogP contribution < -0.4 is 24.4 Å². The summed E-state index contributed by atoms with van der Waals surface area (Å²) in [5.74, 6) is -0.537. The van der Waals surface area contributed by atoms with Gasteiger partial charge in [0.15, 0.2) is 0 Å². The second-order valence-corrected chi connectivity index (χ2v) is 11.0. The SMILES string of the molecule is COc1cc(N2CCN(c3nc(C(F)(F)F)nc(-c4ccccc4)c3-c3cccc(S(N)(=O)=O)c3)CC2)cc(OC)n1. The summed E-state index contributed by atoms with van der Waals surface area (Å²) in [5, 5.41) is 5.38. The van der Waals surface area contributed by atoms with Gasteiger partial charge in [-0.1, -0.05) is 42.5 Å². The van der Waals surface area contributed by atoms with Gasteiger partial charge in [0.2, 0.25) is 27.6 Å². The minimum Gasteiger partial charge on any atom is -0.481 e. The van der Waals surface area contributed by atoms with Crippen molar-refractivity contribution in [1.29, 1.82) is 0 Å². The van der Waals surface area contributed by atoms with Crippen LogP contribution in [0, 0.1) is 0 Å². The number of hydrogen-bond acceptors (Lipinski definition) is 9. The Bertz CT molecular complexity index is 1670. The van der Waals surface area contributed by atoms with Crippen molar-refractivity contribution in [3.05, 3.63) is 72.6 Å². The molecule has 42 heavy (non-hydrogen) atoms. The van der Waals surface area contributed by atoms with Crippen molar-refractivity contribution >= 4 is 21.5 Å². The average molecular weight is 601 g/mol. The van der Waals surface area contributed by atoms with E-state index >= 15 is 0 Å². The van der Waals surface area contributed by atoms with E-state index in [1.165, 1.54) is 32.4 Å². The first kappa shape index (κ1) is 29.1. The Balaban J connectivity index is 1.63. The average Bonchev–Trinajstić information content (AvgIpc) is 2.99. The predicted molar refractivity (Wildman–Crippen MR) is 151 cm³/mol. The van der Waals surface area contributed by atoms with Crippen LogP contribution in [0.2, 0.25) is 0 Å². The molecule has 14 heteroatoms. The van der Waals surface area contributed by atoms with E-state index in [0.717, 1.165) is 5.69 Å². The number of halogens is 3. The maximum atomic E-state index is 14.1. The van der Waals surface area contributed by atoms with Gasteiger partial charge in [0, 0.05) is 49.6 Å². The van der Waals surface area contributed by atoms with Gasteiger partial charge in [-0.2, -0.15) is 18.2 Å². The molecule has 0 aliphatic carbocycles. The maximum absolute atomic E-state index is 14.1. The summed E-state index contributed by atoms with van der Waals surface area (Å²) in [5.41, 5.74) is 1.79. The number of ether oxygens (including phenoxy) is 2. The van der Waals surface area contributed by atoms with E-state index in [-0.39, 0.29) is 22.0 Å². The summed E-state index contributed by atoms with van der Waals surface area (Å²) in [6.07, 6.45) is -4.83. The number of rotatable bonds is 7. The second kappa shape index (κ2) is 11.4. The smallest absolute Gasteiger partial charge is 0.451 e. The van der Waals surface area contributed by atoms with Crippen LogP contribution in [0.5, 0.6) is 11.8 Å². The molecule has 4 aromatic rings. The van der Waals surface area contributed by atoms with E-state index in [2.05, 4.69) is 15.0 Å². The highest BCUT2D eigenvalue weighted by atomic mass is 32.2. The third kappa shape index (κ3) is 6.09. The lowest BCUT2D eigenvalue weighted by atomic mass is 9.98. The number of aromatic nitrogens is 3. The number of hydrogen-bond donors (Lipinski definition) is 1. The Kier molecular flexibility index (Phi) is 7.93. The number of nitrogens with zero attached hydrogens (tertiary/aromatic N) is 5. The van der Waals surface area contributed by atoms with Crippen LogP contribution in [0.1, 0.15) is 5.82 Å². The van der Waals surface area contributed by atoms with Gasteiger partial charge in [-0.05, 0) is 17.7 Å². The molecule has 0 radical (unpaired) electrons. The van der Waals surface area contributed by atoms with Crippen molar-refractivity contribution in [2.45, 2.75) is 11.1 Å². The third-order valence-electron chi connectivity index (χ3n) is 6.77. The summed E-state index contributed by atoms with van der Waals surface area (Å²) in [4.78, 5) is 15.8. The zero-order valence-electron chi connectivity index (χ0n) is 22.7. The molecule has 2 aromatic carbocycles. The minimum absolute atomic E-state index is 0.0190. The molecule has 10 nitrogen and oxygen atoms in total. The highest BCUT2D eigenvalue weighted by molar-refractivity contribution is 7.89. The zero-order valence-corrected chi connectivity index (χ0v) is 23.5. The molecule has 1 fully saturated rings. The van der Waals surface area contributed by atoms with Gasteiger partial charge in [-0.15, -0.1) is 0 Å². The van der Waals surface area contributed by atoms with E-state index in [0.29, 0.717) is 49.1 Å². The largest absolute Gasteiger partial charge is 0.481 e. The standard InChI is InChI=1S/C28H27F3N6O4S/c1-40-22-16-20(17-23(33-22)41-2)36-11-13-37(14-12-36)26-24(19-9-6-10-21(15-19)42(32,38)39)25(18-7-4-3-5-8-18)34-27(35-26)28(29,30)31/h3-10,15-17H,11-14H2,1-2H3,(H2,32,38,39). The summed E-state index contributed by atoms with van der Waals surface area (Å²) < 4.78 is 77.3. The van der Waals surface area contributed by atoms with E-state index in [4.69, 9.17) is 14.6 Å². The van der Waals surface area contributed by atoms with Gasteiger partial charge in [0.1, 0.15) is 5.82 Å². The van der Waals surface area contributed by atoms with Gasteiger partial charge in [-0.25, -0.2) is 23.5 Å². The van der Waals surface area contributed by atoms with Crippen molar-refractivity contribution < 1.29 is 31.1 Å². The number of benzene rings is 2. The number of sulfonamides is 1. The lowest BCUT2D eigenvalue weighted by molar-refractivity contribution is -0.144. The molecule has 1 aliphatic rings. The Morgan fingerprint density at radius 3 is 1.95 bits per heavy atom. The van der Waals surface area contributed by atoms with Crippen LogP contribution in [-0.4, -0.2) is 63.8 Å². The predicted octanol–water partition coefficient (Wildman–Crippen LogP) is 4.22. The van der Waals surface area contributed by atoms with Crippen LogP contribution in [-0.2, 0) is 16.2 Å². The molecule has 220 valence electrons. The molecule has 2 aromatic heterocycles. The van der Waals surface area contributed by atoms with Gasteiger partial charge in [0.25, 0.3) is 0 Å². The molecule has 0 saturated carbocycles. The minimum atomic E-state index is -4.83. The number of primary sulfonamides is 1. The van der Waals surface area contributed by atoms with E-state index in [9.17, 15) is 21.6 Å². The molecular formula is C28H27F3N6O4S. The lowest BCUT2D eigenvalue weighted by Gasteiger charge is -2.38. The molecule has 1 saturated heterocycles.